The molecule has 0 atom stereocenters. The molecular formula is C25H26N2O3. The van der Waals surface area contributed by atoms with Gasteiger partial charge in [0, 0.05) is 28.6 Å². The van der Waals surface area contributed by atoms with Gasteiger partial charge in [0.2, 0.25) is 5.91 Å². The van der Waals surface area contributed by atoms with E-state index in [1.165, 1.54) is 0 Å². The molecule has 0 bridgehead atoms. The Balaban J connectivity index is 1.56. The highest BCUT2D eigenvalue weighted by molar-refractivity contribution is 6.27. The lowest BCUT2D eigenvalue weighted by Gasteiger charge is -2.17. The predicted molar refractivity (Wildman–Crippen MR) is 120 cm³/mol. The molecule has 1 heterocycles. The van der Waals surface area contributed by atoms with Gasteiger partial charge >= 0.3 is 0 Å². The van der Waals surface area contributed by atoms with Crippen LogP contribution in [0.15, 0.2) is 54.6 Å². The van der Waals surface area contributed by atoms with E-state index in [1.807, 2.05) is 66.4 Å². The zero-order valence-corrected chi connectivity index (χ0v) is 17.4. The van der Waals surface area contributed by atoms with E-state index in [0.29, 0.717) is 18.7 Å². The fraction of sp³-hybridized carbons (Fsp3) is 0.280. The van der Waals surface area contributed by atoms with E-state index in [2.05, 4.69) is 12.2 Å². The van der Waals surface area contributed by atoms with Gasteiger partial charge in [-0.2, -0.15) is 0 Å². The van der Waals surface area contributed by atoms with Crippen molar-refractivity contribution in [2.24, 2.45) is 0 Å². The molecule has 1 aliphatic rings. The van der Waals surface area contributed by atoms with Crippen LogP contribution < -0.4 is 15.0 Å². The van der Waals surface area contributed by atoms with Gasteiger partial charge in [-0.05, 0) is 49.2 Å². The van der Waals surface area contributed by atoms with Gasteiger partial charge in [0.1, 0.15) is 5.75 Å². The van der Waals surface area contributed by atoms with Gasteiger partial charge in [-0.15, -0.1) is 0 Å². The van der Waals surface area contributed by atoms with Gasteiger partial charge < -0.3 is 15.0 Å². The summed E-state index contributed by atoms with van der Waals surface area (Å²) >= 11 is 0. The number of nitrogens with one attached hydrogen (secondary N) is 1. The maximum atomic E-state index is 12.9. The van der Waals surface area contributed by atoms with Crippen LogP contribution in [0.25, 0.3) is 10.8 Å². The monoisotopic (exact) mass is 402 g/mol. The van der Waals surface area contributed by atoms with Crippen molar-refractivity contribution >= 4 is 34.0 Å². The van der Waals surface area contributed by atoms with Crippen LogP contribution in [0.2, 0.25) is 0 Å². The Morgan fingerprint density at radius 2 is 1.83 bits per heavy atom. The molecule has 3 aromatic rings. The Hall–Kier alpha value is -3.34. The molecule has 0 saturated heterocycles. The summed E-state index contributed by atoms with van der Waals surface area (Å²) in [4.78, 5) is 27.4. The number of ether oxygens (including phenoxy) is 1. The summed E-state index contributed by atoms with van der Waals surface area (Å²) < 4.78 is 5.45. The van der Waals surface area contributed by atoms with Crippen LogP contribution in [0.3, 0.4) is 0 Å². The number of rotatable bonds is 8. The largest absolute Gasteiger partial charge is 0.494 e. The number of benzene rings is 3. The molecule has 0 aliphatic carbocycles. The number of hydrogen-bond donors (Lipinski definition) is 1. The van der Waals surface area contributed by atoms with E-state index in [0.717, 1.165) is 46.3 Å². The highest BCUT2D eigenvalue weighted by Gasteiger charge is 2.30. The fourth-order valence-corrected chi connectivity index (χ4v) is 3.94. The zero-order valence-electron chi connectivity index (χ0n) is 17.4. The number of hydrogen-bond acceptors (Lipinski definition) is 3. The van der Waals surface area contributed by atoms with Crippen molar-refractivity contribution in [2.45, 2.75) is 33.1 Å². The Labute approximate surface area is 176 Å². The topological polar surface area (TPSA) is 58.6 Å². The van der Waals surface area contributed by atoms with Gasteiger partial charge in [0.05, 0.1) is 18.7 Å². The van der Waals surface area contributed by atoms with Crippen LogP contribution in [0, 0.1) is 0 Å². The van der Waals surface area contributed by atoms with Crippen molar-refractivity contribution in [3.05, 3.63) is 65.7 Å². The van der Waals surface area contributed by atoms with E-state index in [9.17, 15) is 9.59 Å². The summed E-state index contributed by atoms with van der Waals surface area (Å²) in [6.07, 6.45) is 2.27. The second-order valence-corrected chi connectivity index (χ2v) is 7.47. The quantitative estimate of drug-likeness (QED) is 0.565. The summed E-state index contributed by atoms with van der Waals surface area (Å²) in [7, 11) is 0. The average Bonchev–Trinajstić information content (AvgIpc) is 3.03. The van der Waals surface area contributed by atoms with Gasteiger partial charge in [-0.1, -0.05) is 37.6 Å². The van der Waals surface area contributed by atoms with Crippen LogP contribution in [-0.2, 0) is 11.2 Å². The van der Waals surface area contributed by atoms with E-state index in [4.69, 9.17) is 4.74 Å². The lowest BCUT2D eigenvalue weighted by Crippen LogP contribution is -2.27. The normalized spacial score (nSPS) is 12.5. The SMILES string of the molecule is CCCCN1C(=O)c2cccc3c(NC(=O)Cc4ccc(OCC)cc4)ccc1c23. The van der Waals surface area contributed by atoms with Gasteiger partial charge in [0.15, 0.2) is 0 Å². The minimum absolute atomic E-state index is 0.0434. The molecule has 0 unspecified atom stereocenters. The first-order valence-corrected chi connectivity index (χ1v) is 10.5. The van der Waals surface area contributed by atoms with Crippen LogP contribution >= 0.6 is 0 Å². The lowest BCUT2D eigenvalue weighted by atomic mass is 10.0. The first-order valence-electron chi connectivity index (χ1n) is 10.5. The predicted octanol–water partition coefficient (Wildman–Crippen LogP) is 5.18. The number of carbonyl (C=O) groups is 2. The molecule has 1 aliphatic heterocycles. The first-order chi connectivity index (χ1) is 14.6. The molecule has 1 N–H and O–H groups in total. The van der Waals surface area contributed by atoms with Crippen molar-refractivity contribution in [3.8, 4) is 5.75 Å². The number of nitrogens with zero attached hydrogens (tertiary/aromatic N) is 1. The molecule has 5 heteroatoms. The second kappa shape index (κ2) is 8.57. The Morgan fingerprint density at radius 1 is 1.03 bits per heavy atom. The summed E-state index contributed by atoms with van der Waals surface area (Å²) in [5, 5.41) is 4.86. The molecule has 0 saturated carbocycles. The van der Waals surface area contributed by atoms with Crippen molar-refractivity contribution < 1.29 is 14.3 Å². The third-order valence-electron chi connectivity index (χ3n) is 5.39. The summed E-state index contributed by atoms with van der Waals surface area (Å²) in [6.45, 7) is 5.38. The zero-order chi connectivity index (χ0) is 21.1. The molecule has 3 aromatic carbocycles. The molecular weight excluding hydrogens is 376 g/mol. The number of anilines is 2. The van der Waals surface area contributed by atoms with E-state index in [1.54, 1.807) is 0 Å². The lowest BCUT2D eigenvalue weighted by molar-refractivity contribution is -0.115. The summed E-state index contributed by atoms with van der Waals surface area (Å²) in [6, 6.07) is 17.1. The number of carbonyl (C=O) groups excluding carboxylic acids is 2. The molecule has 0 spiro atoms. The first kappa shape index (κ1) is 20.0. The molecule has 0 radical (unpaired) electrons. The maximum absolute atomic E-state index is 12.9. The van der Waals surface area contributed by atoms with E-state index in [-0.39, 0.29) is 18.2 Å². The standard InChI is InChI=1S/C25H26N2O3/c1-3-5-15-27-22-14-13-21(19-7-6-8-20(24(19)22)25(27)29)26-23(28)16-17-9-11-18(12-10-17)30-4-2/h6-14H,3-5,15-16H2,1-2H3,(H,26,28). The van der Waals surface area contributed by atoms with Crippen LogP contribution in [0.4, 0.5) is 11.4 Å². The Morgan fingerprint density at radius 3 is 2.57 bits per heavy atom. The Kier molecular flexibility index (Phi) is 5.70. The van der Waals surface area contributed by atoms with Crippen molar-refractivity contribution in [1.82, 2.24) is 0 Å². The van der Waals surface area contributed by atoms with Gasteiger partial charge in [0.25, 0.3) is 5.91 Å². The molecule has 30 heavy (non-hydrogen) atoms. The average molecular weight is 402 g/mol. The minimum atomic E-state index is -0.0907. The van der Waals surface area contributed by atoms with Gasteiger partial charge in [-0.3, -0.25) is 9.59 Å². The smallest absolute Gasteiger partial charge is 0.258 e. The number of unbranched alkanes of at least 4 members (excludes halogenated alkanes) is 1. The van der Waals surface area contributed by atoms with Crippen molar-refractivity contribution in [3.63, 3.8) is 0 Å². The minimum Gasteiger partial charge on any atom is -0.494 e. The molecule has 5 nitrogen and oxygen atoms in total. The van der Waals surface area contributed by atoms with Crippen LogP contribution in [-0.4, -0.2) is 25.0 Å². The molecule has 0 aromatic heterocycles. The molecule has 0 fully saturated rings. The highest BCUT2D eigenvalue weighted by Crippen LogP contribution is 2.40. The van der Waals surface area contributed by atoms with Gasteiger partial charge in [-0.25, -0.2) is 0 Å². The van der Waals surface area contributed by atoms with Crippen molar-refractivity contribution in [1.29, 1.82) is 0 Å². The highest BCUT2D eigenvalue weighted by atomic mass is 16.5. The third kappa shape index (κ3) is 3.75. The summed E-state index contributed by atoms with van der Waals surface area (Å²) in [5.41, 5.74) is 3.30. The third-order valence-corrected chi connectivity index (χ3v) is 5.39. The second-order valence-electron chi connectivity index (χ2n) is 7.47. The van der Waals surface area contributed by atoms with Crippen LogP contribution in [0.1, 0.15) is 42.6 Å². The van der Waals surface area contributed by atoms with Crippen LogP contribution in [0.5, 0.6) is 5.75 Å². The molecule has 4 rings (SSSR count). The fourth-order valence-electron chi connectivity index (χ4n) is 3.94. The molecule has 154 valence electrons. The maximum Gasteiger partial charge on any atom is 0.258 e. The van der Waals surface area contributed by atoms with E-state index < -0.39 is 0 Å². The van der Waals surface area contributed by atoms with Crippen molar-refractivity contribution in [2.75, 3.05) is 23.4 Å². The molecule has 2 amide bonds. The number of amides is 2. The summed E-state index contributed by atoms with van der Waals surface area (Å²) in [5.74, 6) is 0.750. The Bertz CT molecular complexity index is 1090. The van der Waals surface area contributed by atoms with E-state index >= 15 is 0 Å².